The number of imidazole rings is 1. The van der Waals surface area contributed by atoms with Crippen LogP contribution in [0.4, 0.5) is 0 Å². The zero-order valence-corrected chi connectivity index (χ0v) is 17.0. The van der Waals surface area contributed by atoms with Crippen LogP contribution in [0.1, 0.15) is 23.2 Å². The number of benzene rings is 1. The molecule has 29 heavy (non-hydrogen) atoms. The summed E-state index contributed by atoms with van der Waals surface area (Å²) in [4.78, 5) is 9.32. The largest absolute Gasteiger partial charge is 0.346 e. The molecular weight excluding hydrogens is 436 g/mol. The fraction of sp³-hybridized carbons (Fsp3) is 0.200. The highest BCUT2D eigenvalue weighted by Gasteiger charge is 2.25. The Hall–Kier alpha value is -3.06. The molecule has 5 rings (SSSR count). The Morgan fingerprint density at radius 2 is 2.00 bits per heavy atom. The monoisotopic (exact) mass is 450 g/mol. The molecular formula is C20H15BrN6O2. The second kappa shape index (κ2) is 7.08. The molecule has 1 aliphatic rings. The van der Waals surface area contributed by atoms with Gasteiger partial charge in [0.05, 0.1) is 29.8 Å². The van der Waals surface area contributed by atoms with Gasteiger partial charge in [-0.25, -0.2) is 14.6 Å². The van der Waals surface area contributed by atoms with Crippen LogP contribution in [-0.4, -0.2) is 37.5 Å². The van der Waals surface area contributed by atoms with Crippen LogP contribution in [0.15, 0.2) is 47.2 Å². The lowest BCUT2D eigenvalue weighted by Gasteiger charge is -2.16. The minimum Gasteiger partial charge on any atom is -0.346 e. The summed E-state index contributed by atoms with van der Waals surface area (Å²) < 4.78 is 15.9. The molecule has 1 saturated heterocycles. The second-order valence-corrected chi connectivity index (χ2v) is 7.51. The van der Waals surface area contributed by atoms with Crippen molar-refractivity contribution in [3.8, 4) is 17.7 Å². The van der Waals surface area contributed by atoms with Crippen molar-refractivity contribution in [3.05, 3.63) is 64.1 Å². The highest BCUT2D eigenvalue weighted by atomic mass is 79.9. The van der Waals surface area contributed by atoms with E-state index in [-0.39, 0.29) is 0 Å². The maximum Gasteiger partial charge on any atom is 0.187 e. The SMILES string of the molecule is Cc1cc(C#N)nn1-c1nc(-n2cnc3cc(Br)ccc32)ccc1C1OCCO1. The van der Waals surface area contributed by atoms with E-state index in [1.165, 1.54) is 0 Å². The van der Waals surface area contributed by atoms with Crippen LogP contribution in [0, 0.1) is 18.3 Å². The minimum atomic E-state index is -0.517. The third-order valence-corrected chi connectivity index (χ3v) is 5.22. The number of hydrogen-bond acceptors (Lipinski definition) is 6. The first kappa shape index (κ1) is 18.0. The van der Waals surface area contributed by atoms with Crippen molar-refractivity contribution in [2.24, 2.45) is 0 Å². The number of pyridine rings is 1. The molecule has 9 heteroatoms. The lowest BCUT2D eigenvalue weighted by Crippen LogP contribution is -2.12. The Balaban J connectivity index is 1.70. The maximum atomic E-state index is 9.24. The van der Waals surface area contributed by atoms with Gasteiger partial charge in [0.1, 0.15) is 18.2 Å². The van der Waals surface area contributed by atoms with Gasteiger partial charge in [-0.1, -0.05) is 15.9 Å². The summed E-state index contributed by atoms with van der Waals surface area (Å²) in [7, 11) is 0. The fourth-order valence-electron chi connectivity index (χ4n) is 3.39. The van der Waals surface area contributed by atoms with Crippen LogP contribution in [0.3, 0.4) is 0 Å². The van der Waals surface area contributed by atoms with E-state index >= 15 is 0 Å². The van der Waals surface area contributed by atoms with Crippen LogP contribution in [0.25, 0.3) is 22.7 Å². The van der Waals surface area contributed by atoms with Gasteiger partial charge in [0.2, 0.25) is 0 Å². The average molecular weight is 451 g/mol. The standard InChI is InChI=1S/C20H15BrN6O2/c1-12-8-14(10-22)25-27(12)19-15(20-28-6-7-29-20)3-5-18(24-19)26-11-23-16-9-13(21)2-4-17(16)26/h2-5,8-9,11,20H,6-7H2,1H3. The zero-order valence-electron chi connectivity index (χ0n) is 15.4. The van der Waals surface area contributed by atoms with Crippen molar-refractivity contribution < 1.29 is 9.47 Å². The number of fused-ring (bicyclic) bond motifs is 1. The summed E-state index contributed by atoms with van der Waals surface area (Å²) in [6, 6.07) is 13.5. The first-order chi connectivity index (χ1) is 14.1. The van der Waals surface area contributed by atoms with Gasteiger partial charge in [-0.2, -0.15) is 10.4 Å². The molecule has 8 nitrogen and oxygen atoms in total. The van der Waals surface area contributed by atoms with E-state index < -0.39 is 6.29 Å². The van der Waals surface area contributed by atoms with Crippen molar-refractivity contribution in [2.45, 2.75) is 13.2 Å². The molecule has 0 bridgehead atoms. The number of halogens is 1. The Morgan fingerprint density at radius 1 is 1.17 bits per heavy atom. The number of aromatic nitrogens is 5. The summed E-state index contributed by atoms with van der Waals surface area (Å²) in [6.45, 7) is 2.93. The number of rotatable bonds is 3. The first-order valence-electron chi connectivity index (χ1n) is 8.98. The molecule has 0 spiro atoms. The average Bonchev–Trinajstić information content (AvgIpc) is 3.46. The van der Waals surface area contributed by atoms with Crippen LogP contribution in [0.2, 0.25) is 0 Å². The molecule has 0 amide bonds. The van der Waals surface area contributed by atoms with E-state index in [2.05, 4.69) is 32.1 Å². The van der Waals surface area contributed by atoms with Gasteiger partial charge in [0.15, 0.2) is 17.8 Å². The summed E-state index contributed by atoms with van der Waals surface area (Å²) in [5, 5.41) is 13.6. The highest BCUT2D eigenvalue weighted by molar-refractivity contribution is 9.10. The van der Waals surface area contributed by atoms with Gasteiger partial charge < -0.3 is 9.47 Å². The van der Waals surface area contributed by atoms with E-state index in [0.29, 0.717) is 30.5 Å². The van der Waals surface area contributed by atoms with E-state index in [4.69, 9.17) is 14.5 Å². The molecule has 1 fully saturated rings. The van der Waals surface area contributed by atoms with E-state index in [0.717, 1.165) is 26.8 Å². The molecule has 0 N–H and O–H groups in total. The summed E-state index contributed by atoms with van der Waals surface area (Å²) >= 11 is 3.47. The number of hydrogen-bond donors (Lipinski definition) is 0. The lowest BCUT2D eigenvalue weighted by atomic mass is 10.2. The minimum absolute atomic E-state index is 0.326. The topological polar surface area (TPSA) is 90.8 Å². The smallest absolute Gasteiger partial charge is 0.187 e. The number of nitriles is 1. The third kappa shape index (κ3) is 3.11. The molecule has 1 aromatic carbocycles. The van der Waals surface area contributed by atoms with Crippen LogP contribution in [0.5, 0.6) is 0 Å². The molecule has 0 saturated carbocycles. The predicted molar refractivity (Wildman–Crippen MR) is 108 cm³/mol. The van der Waals surface area contributed by atoms with E-state index in [1.54, 1.807) is 17.1 Å². The Kier molecular flexibility index (Phi) is 4.39. The first-order valence-corrected chi connectivity index (χ1v) is 9.77. The number of ether oxygens (including phenoxy) is 2. The van der Waals surface area contributed by atoms with Gasteiger partial charge in [0, 0.05) is 10.2 Å². The van der Waals surface area contributed by atoms with Crippen molar-refractivity contribution in [3.63, 3.8) is 0 Å². The molecule has 3 aromatic heterocycles. The number of nitrogens with zero attached hydrogens (tertiary/aromatic N) is 6. The lowest BCUT2D eigenvalue weighted by molar-refractivity contribution is -0.0443. The molecule has 0 aliphatic carbocycles. The molecule has 4 heterocycles. The summed E-state index contributed by atoms with van der Waals surface area (Å²) in [5.74, 6) is 1.24. The van der Waals surface area contributed by atoms with Crippen LogP contribution >= 0.6 is 15.9 Å². The molecule has 0 atom stereocenters. The predicted octanol–water partition coefficient (Wildman–Crippen LogP) is 3.59. The van der Waals surface area contributed by atoms with Gasteiger partial charge >= 0.3 is 0 Å². The summed E-state index contributed by atoms with van der Waals surface area (Å²) in [6.07, 6.45) is 1.22. The molecule has 1 aliphatic heterocycles. The maximum absolute atomic E-state index is 9.24. The fourth-order valence-corrected chi connectivity index (χ4v) is 3.74. The Labute approximate surface area is 174 Å². The molecule has 4 aromatic rings. The normalized spacial score (nSPS) is 14.5. The quantitative estimate of drug-likeness (QED) is 0.473. The highest BCUT2D eigenvalue weighted by Crippen LogP contribution is 2.30. The van der Waals surface area contributed by atoms with Crippen molar-refractivity contribution >= 4 is 27.0 Å². The molecule has 0 unspecified atom stereocenters. The molecule has 0 radical (unpaired) electrons. The Morgan fingerprint density at radius 3 is 2.76 bits per heavy atom. The van der Waals surface area contributed by atoms with Crippen LogP contribution in [-0.2, 0) is 9.47 Å². The second-order valence-electron chi connectivity index (χ2n) is 6.60. The number of aryl methyl sites for hydroxylation is 1. The zero-order chi connectivity index (χ0) is 20.0. The van der Waals surface area contributed by atoms with Crippen molar-refractivity contribution in [1.29, 1.82) is 5.26 Å². The molecule has 144 valence electrons. The van der Waals surface area contributed by atoms with Gasteiger partial charge in [-0.15, -0.1) is 0 Å². The third-order valence-electron chi connectivity index (χ3n) is 4.73. The van der Waals surface area contributed by atoms with Gasteiger partial charge in [0.25, 0.3) is 0 Å². The van der Waals surface area contributed by atoms with E-state index in [9.17, 15) is 5.26 Å². The van der Waals surface area contributed by atoms with Gasteiger partial charge in [-0.3, -0.25) is 4.57 Å². The van der Waals surface area contributed by atoms with Gasteiger partial charge in [-0.05, 0) is 43.3 Å². The Bertz CT molecular complexity index is 1270. The van der Waals surface area contributed by atoms with Crippen LogP contribution < -0.4 is 0 Å². The van der Waals surface area contributed by atoms with Crippen molar-refractivity contribution in [2.75, 3.05) is 13.2 Å². The summed E-state index contributed by atoms with van der Waals surface area (Å²) in [5.41, 5.74) is 3.67. The van der Waals surface area contributed by atoms with E-state index in [1.807, 2.05) is 41.8 Å². The van der Waals surface area contributed by atoms with Crippen molar-refractivity contribution in [1.82, 2.24) is 24.3 Å².